The van der Waals surface area contributed by atoms with Gasteiger partial charge in [0.05, 0.1) is 13.2 Å². The molecule has 0 unspecified atom stereocenters. The number of esters is 2. The van der Waals surface area contributed by atoms with Crippen molar-refractivity contribution in [1.82, 2.24) is 0 Å². The fraction of sp³-hybridized carbons (Fsp3) is 0.500. The van der Waals surface area contributed by atoms with Gasteiger partial charge in [-0.15, -0.1) is 0 Å². The zero-order valence-electron chi connectivity index (χ0n) is 8.83. The van der Waals surface area contributed by atoms with Gasteiger partial charge in [0, 0.05) is 0 Å². The first-order valence-corrected chi connectivity index (χ1v) is 3.95. The van der Waals surface area contributed by atoms with Crippen LogP contribution in [0.2, 0.25) is 0 Å². The second kappa shape index (κ2) is 8.70. The molecule has 0 fully saturated rings. The van der Waals surface area contributed by atoms with E-state index in [1.165, 1.54) is 13.8 Å². The molecule has 5 nitrogen and oxygen atoms in total. The number of rotatable bonds is 5. The molecular formula is C8H10FNaO5. The Labute approximate surface area is 109 Å². The van der Waals surface area contributed by atoms with Gasteiger partial charge in [-0.2, -0.15) is 0 Å². The summed E-state index contributed by atoms with van der Waals surface area (Å²) in [5.74, 6) is -4.48. The Morgan fingerprint density at radius 2 is 1.60 bits per heavy atom. The van der Waals surface area contributed by atoms with Crippen LogP contribution >= 0.6 is 0 Å². The Hall–Kier alpha value is -0.590. The summed E-state index contributed by atoms with van der Waals surface area (Å²) in [5, 5.41) is 0. The van der Waals surface area contributed by atoms with Crippen LogP contribution < -0.4 is 29.6 Å². The maximum atomic E-state index is 12.7. The third kappa shape index (κ3) is 5.76. The molecule has 0 radical (unpaired) electrons. The number of halogens is 1. The minimum Gasteiger partial charge on any atom is -0.545 e. The van der Waals surface area contributed by atoms with Gasteiger partial charge in [-0.1, -0.05) is 0 Å². The number of ketones is 1. The zero-order valence-corrected chi connectivity index (χ0v) is 10.8. The van der Waals surface area contributed by atoms with Gasteiger partial charge in [-0.25, -0.2) is 0 Å². The Bertz CT molecular complexity index is 243. The predicted molar refractivity (Wildman–Crippen MR) is 42.6 cm³/mol. The molecule has 0 aliphatic carbocycles. The van der Waals surface area contributed by atoms with E-state index >= 15 is 0 Å². The summed E-state index contributed by atoms with van der Waals surface area (Å²) >= 11 is 0. The molecule has 0 N–H and O–H groups in total. The molecule has 7 heteroatoms. The predicted octanol–water partition coefficient (Wildman–Crippen LogP) is -2.81. The van der Waals surface area contributed by atoms with Crippen LogP contribution in [0.5, 0.6) is 0 Å². The first kappa shape index (κ1) is 16.8. The van der Waals surface area contributed by atoms with E-state index < -0.39 is 23.9 Å². The number of carbonyl (C=O) groups excluding carboxylic acids is 3. The van der Waals surface area contributed by atoms with Crippen molar-refractivity contribution in [3.63, 3.8) is 0 Å². The van der Waals surface area contributed by atoms with Gasteiger partial charge < -0.3 is 23.5 Å². The van der Waals surface area contributed by atoms with Crippen LogP contribution in [-0.4, -0.2) is 30.9 Å². The van der Waals surface area contributed by atoms with E-state index in [1.807, 2.05) is 0 Å². The van der Waals surface area contributed by atoms with Gasteiger partial charge in [-0.05, 0) is 13.8 Å². The molecule has 15 heavy (non-hydrogen) atoms. The quantitative estimate of drug-likeness (QED) is 0.167. The van der Waals surface area contributed by atoms with E-state index in [9.17, 15) is 18.8 Å². The molecule has 0 saturated heterocycles. The van der Waals surface area contributed by atoms with Crippen molar-refractivity contribution in [1.29, 1.82) is 0 Å². The molecule has 0 atom stereocenters. The minimum absolute atomic E-state index is 0. The molecule has 0 aromatic carbocycles. The Kier molecular flexibility index (Phi) is 9.76. The number of hydrogen-bond acceptors (Lipinski definition) is 5. The van der Waals surface area contributed by atoms with Gasteiger partial charge in [0.2, 0.25) is 5.97 Å². The van der Waals surface area contributed by atoms with Gasteiger partial charge in [0.15, 0.2) is 0 Å². The van der Waals surface area contributed by atoms with Crippen molar-refractivity contribution in [2.75, 3.05) is 13.2 Å². The summed E-state index contributed by atoms with van der Waals surface area (Å²) in [5.41, 5.74) is 0. The fourth-order valence-electron chi connectivity index (χ4n) is 0.573. The van der Waals surface area contributed by atoms with Crippen LogP contribution in [-0.2, 0) is 23.9 Å². The molecular weight excluding hydrogens is 218 g/mol. The van der Waals surface area contributed by atoms with Gasteiger partial charge in [0.1, 0.15) is 12.0 Å². The largest absolute Gasteiger partial charge is 1.00 e. The molecule has 0 heterocycles. The second-order valence-electron chi connectivity index (χ2n) is 2.08. The number of carbonyl (C=O) groups is 3. The standard InChI is InChI=1S/C8H10FO5.Na/c1-3-13-7(11)5(9)6(10)8(12)14-4-2;/h3-4H2,1-2H3;/q-1;+1. The van der Waals surface area contributed by atoms with Crippen LogP contribution in [0.4, 0.5) is 4.39 Å². The zero-order chi connectivity index (χ0) is 11.1. The monoisotopic (exact) mass is 228 g/mol. The molecule has 0 aromatic heterocycles. The van der Waals surface area contributed by atoms with Crippen LogP contribution in [0.1, 0.15) is 13.8 Å². The minimum atomic E-state index is -1.76. The van der Waals surface area contributed by atoms with Gasteiger partial charge >= 0.3 is 29.6 Å². The van der Waals surface area contributed by atoms with Crippen molar-refractivity contribution in [2.24, 2.45) is 0 Å². The molecule has 0 bridgehead atoms. The first-order chi connectivity index (χ1) is 6.54. The van der Waals surface area contributed by atoms with Crippen molar-refractivity contribution < 1.29 is 57.8 Å². The van der Waals surface area contributed by atoms with Gasteiger partial charge in [0.25, 0.3) is 5.97 Å². The van der Waals surface area contributed by atoms with Crippen molar-refractivity contribution in [2.45, 2.75) is 13.8 Å². The van der Waals surface area contributed by atoms with Crippen LogP contribution in [0.15, 0.2) is 0 Å². The Balaban J connectivity index is 0. The maximum absolute atomic E-state index is 12.7. The van der Waals surface area contributed by atoms with Crippen molar-refractivity contribution >= 4 is 17.7 Å². The molecule has 0 saturated carbocycles. The molecule has 0 amide bonds. The summed E-state index contributed by atoms with van der Waals surface area (Å²) in [4.78, 5) is 32.0. The maximum Gasteiger partial charge on any atom is 1.00 e. The van der Waals surface area contributed by atoms with Crippen molar-refractivity contribution in [3.05, 3.63) is 6.17 Å². The second-order valence-corrected chi connectivity index (χ2v) is 2.08. The number of Topliss-reactive ketones (excluding diaryl/α,β-unsaturated/α-hetero) is 1. The normalized spacial score (nSPS) is 8.47. The molecule has 0 spiro atoms. The van der Waals surface area contributed by atoms with E-state index in [-0.39, 0.29) is 42.8 Å². The average Bonchev–Trinajstić information content (AvgIpc) is 2.16. The van der Waals surface area contributed by atoms with Crippen LogP contribution in [0.3, 0.4) is 0 Å². The summed E-state index contributed by atoms with van der Waals surface area (Å²) in [6.07, 6.45) is -1.76. The fourth-order valence-corrected chi connectivity index (χ4v) is 0.573. The van der Waals surface area contributed by atoms with Crippen LogP contribution in [0, 0.1) is 6.17 Å². The topological polar surface area (TPSA) is 69.7 Å². The summed E-state index contributed by atoms with van der Waals surface area (Å²) in [6.45, 7) is 2.75. The average molecular weight is 228 g/mol. The summed E-state index contributed by atoms with van der Waals surface area (Å²) in [6, 6.07) is 0. The molecule has 0 rings (SSSR count). The van der Waals surface area contributed by atoms with E-state index in [4.69, 9.17) is 0 Å². The van der Waals surface area contributed by atoms with Crippen molar-refractivity contribution in [3.8, 4) is 0 Å². The third-order valence-electron chi connectivity index (χ3n) is 1.11. The van der Waals surface area contributed by atoms with E-state index in [1.54, 1.807) is 0 Å². The molecule has 0 aromatic rings. The first-order valence-electron chi connectivity index (χ1n) is 3.95. The number of hydrogen-bond donors (Lipinski definition) is 0. The van der Waals surface area contributed by atoms with E-state index in [0.29, 0.717) is 0 Å². The van der Waals surface area contributed by atoms with Crippen LogP contribution in [0.25, 0.3) is 0 Å². The summed E-state index contributed by atoms with van der Waals surface area (Å²) < 4.78 is 21.1. The third-order valence-corrected chi connectivity index (χ3v) is 1.11. The molecule has 0 aliphatic rings. The van der Waals surface area contributed by atoms with Gasteiger partial charge in [-0.3, -0.25) is 4.79 Å². The smallest absolute Gasteiger partial charge is 0.545 e. The molecule has 0 aliphatic heterocycles. The SMILES string of the molecule is CCOC(=O)C(=O)[C-](F)C(=O)OCC.[Na+]. The number of ether oxygens (including phenoxy) is 2. The van der Waals surface area contributed by atoms with E-state index in [2.05, 4.69) is 9.47 Å². The summed E-state index contributed by atoms with van der Waals surface area (Å²) in [7, 11) is 0. The van der Waals surface area contributed by atoms with E-state index in [0.717, 1.165) is 0 Å². The molecule has 80 valence electrons. The Morgan fingerprint density at radius 3 is 2.00 bits per heavy atom. The Morgan fingerprint density at radius 1 is 1.13 bits per heavy atom.